The predicted molar refractivity (Wildman–Crippen MR) is 71.7 cm³/mol. The Balaban J connectivity index is 4.22. The quantitative estimate of drug-likeness (QED) is 0.689. The van der Waals surface area contributed by atoms with Crippen molar-refractivity contribution >= 4 is 0 Å². The maximum absolute atomic E-state index is 5.40. The second-order valence-electron chi connectivity index (χ2n) is 6.08. The van der Waals surface area contributed by atoms with Gasteiger partial charge in [0.1, 0.15) is 0 Å². The van der Waals surface area contributed by atoms with Gasteiger partial charge in [0, 0.05) is 13.7 Å². The molecule has 0 saturated heterocycles. The van der Waals surface area contributed by atoms with E-state index in [-0.39, 0.29) is 0 Å². The van der Waals surface area contributed by atoms with Gasteiger partial charge in [-0.05, 0) is 37.1 Å². The van der Waals surface area contributed by atoms with Gasteiger partial charge in [0.05, 0.1) is 6.10 Å². The first-order valence-electron chi connectivity index (χ1n) is 6.55. The van der Waals surface area contributed by atoms with Crippen molar-refractivity contribution in [2.24, 2.45) is 17.3 Å². The van der Waals surface area contributed by atoms with Crippen LogP contribution in [0.2, 0.25) is 0 Å². The summed E-state index contributed by atoms with van der Waals surface area (Å²) in [6, 6.07) is 0. The molecule has 0 aromatic carbocycles. The number of hydrogen-bond donors (Lipinski definition) is 1. The van der Waals surface area contributed by atoms with Crippen LogP contribution in [0, 0.1) is 17.3 Å². The Bertz CT molecular complexity index is 180. The summed E-state index contributed by atoms with van der Waals surface area (Å²) in [5.41, 5.74) is 0.324. The van der Waals surface area contributed by atoms with Gasteiger partial charge in [0.15, 0.2) is 0 Å². The topological polar surface area (TPSA) is 21.3 Å². The molecule has 0 spiro atoms. The van der Waals surface area contributed by atoms with Crippen molar-refractivity contribution in [2.75, 3.05) is 20.2 Å². The normalized spacial score (nSPS) is 17.8. The number of ether oxygens (including phenoxy) is 1. The highest BCUT2D eigenvalue weighted by molar-refractivity contribution is 4.82. The Kier molecular flexibility index (Phi) is 7.25. The molecule has 0 aliphatic heterocycles. The van der Waals surface area contributed by atoms with Crippen LogP contribution < -0.4 is 5.32 Å². The third kappa shape index (κ3) is 5.86. The summed E-state index contributed by atoms with van der Waals surface area (Å²) in [6.07, 6.45) is 1.46. The van der Waals surface area contributed by atoms with Crippen LogP contribution >= 0.6 is 0 Å². The molecular formula is C14H31NO. The van der Waals surface area contributed by atoms with Gasteiger partial charge in [0.2, 0.25) is 0 Å². The molecule has 0 aromatic rings. The molecule has 98 valence electrons. The van der Waals surface area contributed by atoms with E-state index in [1.165, 1.54) is 0 Å². The minimum Gasteiger partial charge on any atom is -0.382 e. The van der Waals surface area contributed by atoms with E-state index < -0.39 is 0 Å². The van der Waals surface area contributed by atoms with Crippen LogP contribution in [0.3, 0.4) is 0 Å². The Hall–Kier alpha value is -0.0800. The van der Waals surface area contributed by atoms with Gasteiger partial charge >= 0.3 is 0 Å². The van der Waals surface area contributed by atoms with Crippen LogP contribution in [0.4, 0.5) is 0 Å². The minimum absolute atomic E-state index is 0.324. The van der Waals surface area contributed by atoms with E-state index in [0.717, 1.165) is 25.4 Å². The van der Waals surface area contributed by atoms with Gasteiger partial charge in [-0.2, -0.15) is 0 Å². The number of hydrogen-bond acceptors (Lipinski definition) is 2. The van der Waals surface area contributed by atoms with Gasteiger partial charge in [-0.25, -0.2) is 0 Å². The lowest BCUT2D eigenvalue weighted by Crippen LogP contribution is -2.39. The van der Waals surface area contributed by atoms with Crippen LogP contribution in [-0.4, -0.2) is 26.3 Å². The van der Waals surface area contributed by atoms with E-state index >= 15 is 0 Å². The predicted octanol–water partition coefficient (Wildman–Crippen LogP) is 3.32. The molecule has 0 aromatic heterocycles. The third-order valence-electron chi connectivity index (χ3n) is 3.63. The molecule has 1 N–H and O–H groups in total. The summed E-state index contributed by atoms with van der Waals surface area (Å²) in [5.74, 6) is 1.39. The summed E-state index contributed by atoms with van der Waals surface area (Å²) in [5, 5.41) is 3.58. The van der Waals surface area contributed by atoms with Crippen LogP contribution in [0.25, 0.3) is 0 Å². The number of methoxy groups -OCH3 is 1. The first-order chi connectivity index (χ1) is 7.31. The Morgan fingerprint density at radius 3 is 2.06 bits per heavy atom. The average Bonchev–Trinajstić information content (AvgIpc) is 2.16. The zero-order valence-electron chi connectivity index (χ0n) is 12.3. The highest BCUT2D eigenvalue weighted by Crippen LogP contribution is 2.32. The van der Waals surface area contributed by atoms with Crippen molar-refractivity contribution in [3.05, 3.63) is 0 Å². The molecule has 0 aliphatic carbocycles. The van der Waals surface area contributed by atoms with Crippen molar-refractivity contribution < 1.29 is 4.74 Å². The number of rotatable bonds is 8. The molecule has 0 amide bonds. The van der Waals surface area contributed by atoms with Crippen LogP contribution in [-0.2, 0) is 4.74 Å². The van der Waals surface area contributed by atoms with E-state index in [0.29, 0.717) is 17.4 Å². The molecule has 0 radical (unpaired) electrons. The molecule has 2 atom stereocenters. The van der Waals surface area contributed by atoms with Gasteiger partial charge in [-0.15, -0.1) is 0 Å². The fourth-order valence-electron chi connectivity index (χ4n) is 1.90. The van der Waals surface area contributed by atoms with Crippen LogP contribution in [0.1, 0.15) is 48.0 Å². The van der Waals surface area contributed by atoms with Crippen LogP contribution in [0.15, 0.2) is 0 Å². The molecule has 0 fully saturated rings. The fraction of sp³-hybridized carbons (Fsp3) is 1.00. The lowest BCUT2D eigenvalue weighted by atomic mass is 9.75. The van der Waals surface area contributed by atoms with Gasteiger partial charge in [-0.3, -0.25) is 0 Å². The summed E-state index contributed by atoms with van der Waals surface area (Å²) in [4.78, 5) is 0. The molecule has 0 bridgehead atoms. The zero-order valence-corrected chi connectivity index (χ0v) is 12.3. The van der Waals surface area contributed by atoms with E-state index in [1.54, 1.807) is 7.11 Å². The lowest BCUT2D eigenvalue weighted by molar-refractivity contribution is 0.0502. The standard InChI is InChI=1S/C14H31NO/c1-11(2)9-15-10-14(6,12(3)4)8-13(5)16-7/h11-13,15H,8-10H2,1-7H3. The van der Waals surface area contributed by atoms with Gasteiger partial charge in [-0.1, -0.05) is 34.6 Å². The summed E-state index contributed by atoms with van der Waals surface area (Å²) < 4.78 is 5.40. The van der Waals surface area contributed by atoms with E-state index in [2.05, 4.69) is 46.9 Å². The second-order valence-corrected chi connectivity index (χ2v) is 6.08. The summed E-state index contributed by atoms with van der Waals surface area (Å²) in [7, 11) is 1.80. The molecule has 2 unspecified atom stereocenters. The largest absolute Gasteiger partial charge is 0.382 e. The van der Waals surface area contributed by atoms with Crippen molar-refractivity contribution in [3.8, 4) is 0 Å². The van der Waals surface area contributed by atoms with Crippen molar-refractivity contribution in [1.82, 2.24) is 5.32 Å². The van der Waals surface area contributed by atoms with Gasteiger partial charge in [0.25, 0.3) is 0 Å². The lowest BCUT2D eigenvalue weighted by Gasteiger charge is -2.36. The molecule has 0 saturated carbocycles. The molecule has 0 heterocycles. The van der Waals surface area contributed by atoms with Crippen LogP contribution in [0.5, 0.6) is 0 Å². The molecule has 0 rings (SSSR count). The highest BCUT2D eigenvalue weighted by atomic mass is 16.5. The van der Waals surface area contributed by atoms with E-state index in [1.807, 2.05) is 0 Å². The Morgan fingerprint density at radius 2 is 1.69 bits per heavy atom. The number of nitrogens with one attached hydrogen (secondary N) is 1. The first kappa shape index (κ1) is 15.9. The minimum atomic E-state index is 0.324. The monoisotopic (exact) mass is 229 g/mol. The smallest absolute Gasteiger partial charge is 0.0549 e. The fourth-order valence-corrected chi connectivity index (χ4v) is 1.90. The van der Waals surface area contributed by atoms with Gasteiger partial charge < -0.3 is 10.1 Å². The SMILES string of the molecule is COC(C)CC(C)(CNCC(C)C)C(C)C. The van der Waals surface area contributed by atoms with Crippen molar-refractivity contribution in [3.63, 3.8) is 0 Å². The highest BCUT2D eigenvalue weighted by Gasteiger charge is 2.29. The Morgan fingerprint density at radius 1 is 1.12 bits per heavy atom. The van der Waals surface area contributed by atoms with Crippen molar-refractivity contribution in [2.45, 2.75) is 54.1 Å². The van der Waals surface area contributed by atoms with E-state index in [4.69, 9.17) is 4.74 Å². The zero-order chi connectivity index (χ0) is 12.8. The molecular weight excluding hydrogens is 198 g/mol. The molecule has 2 heteroatoms. The van der Waals surface area contributed by atoms with E-state index in [9.17, 15) is 0 Å². The maximum Gasteiger partial charge on any atom is 0.0549 e. The summed E-state index contributed by atoms with van der Waals surface area (Å²) in [6.45, 7) is 15.8. The van der Waals surface area contributed by atoms with Crippen molar-refractivity contribution in [1.29, 1.82) is 0 Å². The average molecular weight is 229 g/mol. The molecule has 0 aliphatic rings. The summed E-state index contributed by atoms with van der Waals surface area (Å²) >= 11 is 0. The molecule has 2 nitrogen and oxygen atoms in total. The first-order valence-corrected chi connectivity index (χ1v) is 6.55. The maximum atomic E-state index is 5.40. The third-order valence-corrected chi connectivity index (χ3v) is 3.63. The second kappa shape index (κ2) is 7.29. The Labute approximate surface area is 102 Å². The molecule has 16 heavy (non-hydrogen) atoms.